The van der Waals surface area contributed by atoms with Crippen molar-refractivity contribution in [2.75, 3.05) is 13.2 Å². The molecule has 0 saturated carbocycles. The van der Waals surface area contributed by atoms with Crippen LogP contribution in [0.1, 0.15) is 61.3 Å². The Morgan fingerprint density at radius 1 is 1.26 bits per heavy atom. The normalized spacial score (nSPS) is 26.8. The highest BCUT2D eigenvalue weighted by Gasteiger charge is 2.48. The van der Waals surface area contributed by atoms with Gasteiger partial charge in [-0.3, -0.25) is 0 Å². The molecular weight excluding hydrogens is 238 g/mol. The van der Waals surface area contributed by atoms with Crippen molar-refractivity contribution in [3.63, 3.8) is 0 Å². The molecule has 0 spiro atoms. The maximum Gasteiger partial charge on any atom is 0.0678 e. The molecule has 3 heteroatoms. The second kappa shape index (κ2) is 6.55. The van der Waals surface area contributed by atoms with Gasteiger partial charge in [-0.15, -0.1) is 0 Å². The van der Waals surface area contributed by atoms with E-state index in [4.69, 9.17) is 9.47 Å². The fraction of sp³-hybridized carbons (Fsp3) is 1.00. The summed E-state index contributed by atoms with van der Waals surface area (Å²) in [7, 11) is 0. The van der Waals surface area contributed by atoms with Crippen molar-refractivity contribution in [2.24, 2.45) is 5.92 Å². The van der Waals surface area contributed by atoms with Gasteiger partial charge < -0.3 is 14.8 Å². The van der Waals surface area contributed by atoms with Crippen LogP contribution >= 0.6 is 0 Å². The van der Waals surface area contributed by atoms with Gasteiger partial charge in [-0.25, -0.2) is 0 Å². The van der Waals surface area contributed by atoms with Gasteiger partial charge in [0.15, 0.2) is 0 Å². The van der Waals surface area contributed by atoms with Gasteiger partial charge in [0.25, 0.3) is 0 Å². The summed E-state index contributed by atoms with van der Waals surface area (Å²) < 4.78 is 12.1. The van der Waals surface area contributed by atoms with Gasteiger partial charge in [-0.2, -0.15) is 0 Å². The van der Waals surface area contributed by atoms with Gasteiger partial charge in [0.2, 0.25) is 0 Å². The van der Waals surface area contributed by atoms with E-state index in [0.29, 0.717) is 12.0 Å². The van der Waals surface area contributed by atoms with Crippen molar-refractivity contribution in [1.29, 1.82) is 0 Å². The molecular formula is C16H33NO2. The minimum absolute atomic E-state index is 0.0296. The van der Waals surface area contributed by atoms with Crippen LogP contribution < -0.4 is 5.32 Å². The smallest absolute Gasteiger partial charge is 0.0678 e. The van der Waals surface area contributed by atoms with Gasteiger partial charge in [-0.1, -0.05) is 6.92 Å². The maximum atomic E-state index is 6.22. The summed E-state index contributed by atoms with van der Waals surface area (Å²) in [5.74, 6) is 0.493. The topological polar surface area (TPSA) is 30.5 Å². The first kappa shape index (κ1) is 16.9. The summed E-state index contributed by atoms with van der Waals surface area (Å²) in [6.45, 7) is 17.0. The van der Waals surface area contributed by atoms with Gasteiger partial charge in [-0.05, 0) is 60.9 Å². The fourth-order valence-corrected chi connectivity index (χ4v) is 3.17. The Bertz CT molecular complexity index is 274. The minimum Gasteiger partial charge on any atom is -0.377 e. The van der Waals surface area contributed by atoms with Crippen LogP contribution in [0.15, 0.2) is 0 Å². The molecule has 2 atom stereocenters. The zero-order chi connectivity index (χ0) is 14.7. The first-order chi connectivity index (χ1) is 8.68. The molecule has 1 aliphatic rings. The molecule has 1 rings (SSSR count). The van der Waals surface area contributed by atoms with E-state index < -0.39 is 0 Å². The summed E-state index contributed by atoms with van der Waals surface area (Å²) in [6, 6.07) is 0.374. The quantitative estimate of drug-likeness (QED) is 0.770. The molecule has 1 aliphatic heterocycles. The molecule has 2 unspecified atom stereocenters. The highest BCUT2D eigenvalue weighted by molar-refractivity contribution is 4.99. The second-order valence-electron chi connectivity index (χ2n) is 7.22. The monoisotopic (exact) mass is 271 g/mol. The Kier molecular flexibility index (Phi) is 5.84. The molecule has 0 aromatic heterocycles. The lowest BCUT2D eigenvalue weighted by Crippen LogP contribution is -2.47. The summed E-state index contributed by atoms with van der Waals surface area (Å²) in [4.78, 5) is 0. The van der Waals surface area contributed by atoms with Crippen LogP contribution in [0.3, 0.4) is 0 Å². The molecule has 0 aliphatic carbocycles. The lowest BCUT2D eigenvalue weighted by molar-refractivity contribution is -0.0815. The van der Waals surface area contributed by atoms with Gasteiger partial charge in [0.1, 0.15) is 0 Å². The minimum atomic E-state index is -0.0880. The standard InChI is InChI=1S/C16H33NO2/c1-8-9-17-14(11-18-12(2)3)13-10-15(4,5)19-16(13,6)7/h12-14,17H,8-11H2,1-7H3. The van der Waals surface area contributed by atoms with Gasteiger partial charge >= 0.3 is 0 Å². The van der Waals surface area contributed by atoms with Crippen molar-refractivity contribution < 1.29 is 9.47 Å². The maximum absolute atomic E-state index is 6.22. The largest absolute Gasteiger partial charge is 0.377 e. The van der Waals surface area contributed by atoms with E-state index in [9.17, 15) is 0 Å². The Labute approximate surface area is 119 Å². The van der Waals surface area contributed by atoms with Crippen LogP contribution in [0.5, 0.6) is 0 Å². The molecule has 0 aromatic carbocycles. The van der Waals surface area contributed by atoms with Crippen molar-refractivity contribution in [1.82, 2.24) is 5.32 Å². The van der Waals surface area contributed by atoms with Crippen LogP contribution in [0.2, 0.25) is 0 Å². The molecule has 19 heavy (non-hydrogen) atoms. The van der Waals surface area contributed by atoms with Crippen molar-refractivity contribution >= 4 is 0 Å². The zero-order valence-corrected chi connectivity index (χ0v) is 13.9. The zero-order valence-electron chi connectivity index (χ0n) is 13.9. The number of hydrogen-bond acceptors (Lipinski definition) is 3. The Hall–Kier alpha value is -0.120. The third kappa shape index (κ3) is 5.05. The number of hydrogen-bond donors (Lipinski definition) is 1. The third-order valence-electron chi connectivity index (χ3n) is 3.90. The Balaban J connectivity index is 2.72. The molecule has 1 N–H and O–H groups in total. The van der Waals surface area contributed by atoms with Crippen molar-refractivity contribution in [3.8, 4) is 0 Å². The number of nitrogens with one attached hydrogen (secondary N) is 1. The van der Waals surface area contributed by atoms with Gasteiger partial charge in [0.05, 0.1) is 23.9 Å². The SMILES string of the molecule is CCCNC(COC(C)C)C1CC(C)(C)OC1(C)C. The van der Waals surface area contributed by atoms with Crippen molar-refractivity contribution in [3.05, 3.63) is 0 Å². The average Bonchev–Trinajstić information content (AvgIpc) is 2.47. The lowest BCUT2D eigenvalue weighted by Gasteiger charge is -2.34. The summed E-state index contributed by atoms with van der Waals surface area (Å²) in [5, 5.41) is 3.66. The first-order valence-electron chi connectivity index (χ1n) is 7.73. The van der Waals surface area contributed by atoms with Crippen LogP contribution in [0, 0.1) is 5.92 Å². The molecule has 1 fully saturated rings. The van der Waals surface area contributed by atoms with Crippen LogP contribution in [0.4, 0.5) is 0 Å². The molecule has 114 valence electrons. The summed E-state index contributed by atoms with van der Waals surface area (Å²) in [5.41, 5.74) is -0.118. The van der Waals surface area contributed by atoms with E-state index in [0.717, 1.165) is 26.0 Å². The predicted molar refractivity (Wildman–Crippen MR) is 80.5 cm³/mol. The molecule has 0 amide bonds. The van der Waals surface area contributed by atoms with E-state index in [1.54, 1.807) is 0 Å². The van der Waals surface area contributed by atoms with Crippen molar-refractivity contribution in [2.45, 2.75) is 84.7 Å². The van der Waals surface area contributed by atoms with E-state index in [1.807, 2.05) is 0 Å². The number of ether oxygens (including phenoxy) is 2. The summed E-state index contributed by atoms with van der Waals surface area (Å²) in [6.07, 6.45) is 2.52. The average molecular weight is 271 g/mol. The molecule has 1 heterocycles. The van der Waals surface area contributed by atoms with E-state index in [2.05, 4.69) is 53.8 Å². The second-order valence-corrected chi connectivity index (χ2v) is 7.22. The first-order valence-corrected chi connectivity index (χ1v) is 7.73. The fourth-order valence-electron chi connectivity index (χ4n) is 3.17. The lowest BCUT2D eigenvalue weighted by atomic mass is 9.81. The van der Waals surface area contributed by atoms with Gasteiger partial charge in [0, 0.05) is 12.0 Å². The molecule has 0 bridgehead atoms. The van der Waals surface area contributed by atoms with E-state index in [-0.39, 0.29) is 17.3 Å². The Morgan fingerprint density at radius 3 is 2.32 bits per heavy atom. The highest BCUT2D eigenvalue weighted by Crippen LogP contribution is 2.43. The van der Waals surface area contributed by atoms with E-state index in [1.165, 1.54) is 0 Å². The molecule has 1 saturated heterocycles. The third-order valence-corrected chi connectivity index (χ3v) is 3.90. The Morgan fingerprint density at radius 2 is 1.89 bits per heavy atom. The van der Waals surface area contributed by atoms with E-state index >= 15 is 0 Å². The molecule has 3 nitrogen and oxygen atoms in total. The predicted octanol–water partition coefficient (Wildman–Crippen LogP) is 3.37. The molecule has 0 aromatic rings. The van der Waals surface area contributed by atoms with Crippen LogP contribution in [-0.4, -0.2) is 36.5 Å². The van der Waals surface area contributed by atoms with Crippen LogP contribution in [0.25, 0.3) is 0 Å². The number of rotatable bonds is 7. The molecule has 0 radical (unpaired) electrons. The highest BCUT2D eigenvalue weighted by atomic mass is 16.5. The van der Waals surface area contributed by atoms with Crippen LogP contribution in [-0.2, 0) is 9.47 Å². The summed E-state index contributed by atoms with van der Waals surface area (Å²) >= 11 is 0.